The van der Waals surface area contributed by atoms with Crippen LogP contribution in [0.25, 0.3) is 0 Å². The molecular formula is C15H20N2O. The Morgan fingerprint density at radius 3 is 2.72 bits per heavy atom. The van der Waals surface area contributed by atoms with Crippen molar-refractivity contribution in [1.82, 2.24) is 0 Å². The Bertz CT molecular complexity index is 434. The van der Waals surface area contributed by atoms with E-state index in [1.54, 1.807) is 0 Å². The number of rotatable bonds is 5. The van der Waals surface area contributed by atoms with Crippen LogP contribution in [-0.4, -0.2) is 19.4 Å². The summed E-state index contributed by atoms with van der Waals surface area (Å²) >= 11 is 0. The van der Waals surface area contributed by atoms with E-state index in [0.717, 1.165) is 37.4 Å². The Morgan fingerprint density at radius 2 is 2.06 bits per heavy atom. The minimum atomic E-state index is 0.797. The highest BCUT2D eigenvalue weighted by Crippen LogP contribution is 2.21. The fourth-order valence-corrected chi connectivity index (χ4v) is 1.83. The topological polar surface area (TPSA) is 24.8 Å². The molecule has 0 aliphatic carbocycles. The van der Waals surface area contributed by atoms with Gasteiger partial charge in [0.25, 0.3) is 0 Å². The van der Waals surface area contributed by atoms with Crippen LogP contribution in [-0.2, 0) is 0 Å². The van der Waals surface area contributed by atoms with Gasteiger partial charge in [-0.2, -0.15) is 0 Å². The molecule has 1 aliphatic rings. The lowest BCUT2D eigenvalue weighted by molar-refractivity contribution is 0.309. The molecule has 0 N–H and O–H groups in total. The summed E-state index contributed by atoms with van der Waals surface area (Å²) < 4.78 is 5.65. The van der Waals surface area contributed by atoms with Crippen LogP contribution in [0.5, 0.6) is 5.75 Å². The van der Waals surface area contributed by atoms with E-state index in [0.29, 0.717) is 0 Å². The van der Waals surface area contributed by atoms with E-state index in [2.05, 4.69) is 35.1 Å². The Morgan fingerprint density at radius 1 is 1.28 bits per heavy atom. The van der Waals surface area contributed by atoms with Gasteiger partial charge in [-0.25, -0.2) is 0 Å². The number of nitrogens with zero attached hydrogens (tertiary/aromatic N) is 2. The third-order valence-electron chi connectivity index (χ3n) is 2.85. The van der Waals surface area contributed by atoms with Gasteiger partial charge in [0.2, 0.25) is 0 Å². The van der Waals surface area contributed by atoms with Crippen molar-refractivity contribution in [2.75, 3.05) is 18.1 Å². The van der Waals surface area contributed by atoms with Crippen molar-refractivity contribution in [3.8, 4) is 5.75 Å². The molecular weight excluding hydrogens is 224 g/mol. The molecule has 0 saturated heterocycles. The maximum absolute atomic E-state index is 5.65. The summed E-state index contributed by atoms with van der Waals surface area (Å²) in [7, 11) is 0. The van der Waals surface area contributed by atoms with Crippen molar-refractivity contribution >= 4 is 11.9 Å². The fourth-order valence-electron chi connectivity index (χ4n) is 1.83. The standard InChI is InChI=1S/C15H20N2O/c1-3-4-11-18-15-7-5-14(6-8-15)17-10-9-16-13(2)12-17/h5-9,12H,3-4,10-11H2,1-2H3. The highest BCUT2D eigenvalue weighted by atomic mass is 16.5. The summed E-state index contributed by atoms with van der Waals surface area (Å²) in [5.41, 5.74) is 2.20. The monoisotopic (exact) mass is 244 g/mol. The van der Waals surface area contributed by atoms with E-state index >= 15 is 0 Å². The third kappa shape index (κ3) is 3.36. The lowest BCUT2D eigenvalue weighted by Gasteiger charge is -2.21. The Kier molecular flexibility index (Phi) is 4.40. The van der Waals surface area contributed by atoms with Crippen molar-refractivity contribution in [3.63, 3.8) is 0 Å². The van der Waals surface area contributed by atoms with Gasteiger partial charge in [-0.1, -0.05) is 13.3 Å². The lowest BCUT2D eigenvalue weighted by Crippen LogP contribution is -2.21. The first kappa shape index (κ1) is 12.7. The first-order chi connectivity index (χ1) is 8.79. The number of hydrogen-bond acceptors (Lipinski definition) is 3. The molecule has 0 atom stereocenters. The number of unbranched alkanes of at least 4 members (excludes halogenated alkanes) is 1. The number of anilines is 1. The quantitative estimate of drug-likeness (QED) is 0.739. The normalized spacial score (nSPS) is 14.6. The molecule has 0 fully saturated rings. The predicted octanol–water partition coefficient (Wildman–Crippen LogP) is 3.62. The van der Waals surface area contributed by atoms with E-state index in [-0.39, 0.29) is 0 Å². The van der Waals surface area contributed by atoms with Gasteiger partial charge in [0.05, 0.1) is 18.8 Å². The molecule has 1 aromatic rings. The summed E-state index contributed by atoms with van der Waals surface area (Å²) in [5.74, 6) is 0.943. The van der Waals surface area contributed by atoms with Gasteiger partial charge in [-0.05, 0) is 37.6 Å². The molecule has 18 heavy (non-hydrogen) atoms. The number of hydrogen-bond donors (Lipinski definition) is 0. The highest BCUT2D eigenvalue weighted by molar-refractivity contribution is 5.70. The van der Waals surface area contributed by atoms with Crippen molar-refractivity contribution in [2.45, 2.75) is 26.7 Å². The van der Waals surface area contributed by atoms with Crippen molar-refractivity contribution in [3.05, 3.63) is 36.2 Å². The second-order valence-corrected chi connectivity index (χ2v) is 4.43. The molecule has 3 nitrogen and oxygen atoms in total. The molecule has 0 spiro atoms. The van der Waals surface area contributed by atoms with Crippen LogP contribution < -0.4 is 9.64 Å². The Hall–Kier alpha value is -1.77. The van der Waals surface area contributed by atoms with Crippen molar-refractivity contribution in [2.24, 2.45) is 4.99 Å². The van der Waals surface area contributed by atoms with Gasteiger partial charge in [0, 0.05) is 18.1 Å². The third-order valence-corrected chi connectivity index (χ3v) is 2.85. The van der Waals surface area contributed by atoms with Gasteiger partial charge >= 0.3 is 0 Å². The molecule has 96 valence electrons. The SMILES string of the molecule is CCCCOc1ccc(N2C=C(C)N=CC2)cc1. The maximum atomic E-state index is 5.65. The van der Waals surface area contributed by atoms with E-state index in [1.807, 2.05) is 25.3 Å². The molecule has 0 radical (unpaired) electrons. The number of ether oxygens (including phenoxy) is 1. The van der Waals surface area contributed by atoms with Crippen LogP contribution in [0.4, 0.5) is 5.69 Å². The van der Waals surface area contributed by atoms with Crippen LogP contribution in [0.1, 0.15) is 26.7 Å². The Balaban J connectivity index is 1.97. The molecule has 2 rings (SSSR count). The van der Waals surface area contributed by atoms with E-state index < -0.39 is 0 Å². The van der Waals surface area contributed by atoms with E-state index in [9.17, 15) is 0 Å². The second kappa shape index (κ2) is 6.24. The molecule has 0 aromatic heterocycles. The first-order valence-electron chi connectivity index (χ1n) is 6.50. The van der Waals surface area contributed by atoms with E-state index in [1.165, 1.54) is 5.69 Å². The van der Waals surface area contributed by atoms with Crippen molar-refractivity contribution in [1.29, 1.82) is 0 Å². The van der Waals surface area contributed by atoms with Crippen LogP contribution in [0.15, 0.2) is 41.2 Å². The molecule has 1 aliphatic heterocycles. The van der Waals surface area contributed by atoms with Gasteiger partial charge in [-0.3, -0.25) is 4.99 Å². The van der Waals surface area contributed by atoms with Crippen LogP contribution in [0.2, 0.25) is 0 Å². The Labute approximate surface area is 109 Å². The van der Waals surface area contributed by atoms with Gasteiger partial charge in [0.15, 0.2) is 0 Å². The molecule has 0 amide bonds. The zero-order valence-electron chi connectivity index (χ0n) is 11.1. The highest BCUT2D eigenvalue weighted by Gasteiger charge is 2.06. The zero-order valence-corrected chi connectivity index (χ0v) is 11.1. The summed E-state index contributed by atoms with van der Waals surface area (Å²) in [6, 6.07) is 8.23. The number of aliphatic imine (C=N–C) groups is 1. The molecule has 1 heterocycles. The lowest BCUT2D eigenvalue weighted by atomic mass is 10.2. The molecule has 0 bridgehead atoms. The van der Waals surface area contributed by atoms with Crippen LogP contribution >= 0.6 is 0 Å². The molecule has 3 heteroatoms. The summed E-state index contributed by atoms with van der Waals surface area (Å²) in [6.07, 6.45) is 6.26. The largest absolute Gasteiger partial charge is 0.494 e. The van der Waals surface area contributed by atoms with Gasteiger partial charge < -0.3 is 9.64 Å². The number of allylic oxidation sites excluding steroid dienone is 1. The second-order valence-electron chi connectivity index (χ2n) is 4.43. The number of benzene rings is 1. The minimum absolute atomic E-state index is 0.797. The smallest absolute Gasteiger partial charge is 0.119 e. The minimum Gasteiger partial charge on any atom is -0.494 e. The molecule has 0 unspecified atom stereocenters. The average Bonchev–Trinajstić information content (AvgIpc) is 2.40. The molecule has 1 aromatic carbocycles. The van der Waals surface area contributed by atoms with E-state index in [4.69, 9.17) is 4.74 Å². The van der Waals surface area contributed by atoms with Crippen LogP contribution in [0, 0.1) is 0 Å². The zero-order chi connectivity index (χ0) is 12.8. The predicted molar refractivity (Wildman–Crippen MR) is 76.4 cm³/mol. The maximum Gasteiger partial charge on any atom is 0.119 e. The van der Waals surface area contributed by atoms with Gasteiger partial charge in [0.1, 0.15) is 5.75 Å². The fraction of sp³-hybridized carbons (Fsp3) is 0.400. The van der Waals surface area contributed by atoms with Gasteiger partial charge in [-0.15, -0.1) is 0 Å². The average molecular weight is 244 g/mol. The van der Waals surface area contributed by atoms with Crippen molar-refractivity contribution < 1.29 is 4.74 Å². The molecule has 0 saturated carbocycles. The summed E-state index contributed by atoms with van der Waals surface area (Å²) in [4.78, 5) is 6.42. The van der Waals surface area contributed by atoms with Crippen LogP contribution in [0.3, 0.4) is 0 Å². The summed E-state index contributed by atoms with van der Waals surface area (Å²) in [5, 5.41) is 0. The summed E-state index contributed by atoms with van der Waals surface area (Å²) in [6.45, 7) is 5.79. The first-order valence-corrected chi connectivity index (χ1v) is 6.50.